The van der Waals surface area contributed by atoms with E-state index in [4.69, 9.17) is 9.53 Å². The molecule has 2 atom stereocenters. The summed E-state index contributed by atoms with van der Waals surface area (Å²) in [6.45, 7) is 9.17. The Morgan fingerprint density at radius 3 is 2.07 bits per heavy atom. The summed E-state index contributed by atoms with van der Waals surface area (Å²) in [5.41, 5.74) is 0. The van der Waals surface area contributed by atoms with E-state index in [1.54, 1.807) is 0 Å². The van der Waals surface area contributed by atoms with Crippen LogP contribution < -0.4 is 15.7 Å². The number of hydrogen-bond acceptors (Lipinski definition) is 3. The van der Waals surface area contributed by atoms with Gasteiger partial charge in [-0.15, -0.1) is 0 Å². The van der Waals surface area contributed by atoms with Crippen molar-refractivity contribution < 1.29 is 9.53 Å². The minimum Gasteiger partial charge on any atom is -0.407 e. The van der Waals surface area contributed by atoms with Crippen LogP contribution in [-0.2, 0) is 4.43 Å². The van der Waals surface area contributed by atoms with Gasteiger partial charge in [-0.3, -0.25) is 0 Å². The lowest BCUT2D eigenvalue weighted by atomic mass is 9.97. The molecule has 3 nitrogen and oxygen atoms in total. The van der Waals surface area contributed by atoms with Gasteiger partial charge in [0, 0.05) is 19.3 Å². The van der Waals surface area contributed by atoms with E-state index in [0.717, 1.165) is 32.4 Å². The summed E-state index contributed by atoms with van der Waals surface area (Å²) in [6, 6.07) is 22.3. The lowest BCUT2D eigenvalue weighted by Crippen LogP contribution is -2.67. The van der Waals surface area contributed by atoms with Crippen molar-refractivity contribution in [2.24, 2.45) is 5.92 Å². The summed E-state index contributed by atoms with van der Waals surface area (Å²) >= 11 is 0. The largest absolute Gasteiger partial charge is 0.407 e. The first kappa shape index (κ1) is 22.2. The van der Waals surface area contributed by atoms with Crippen LogP contribution in [0, 0.1) is 5.92 Å². The maximum absolute atomic E-state index is 9.12. The molecule has 29 heavy (non-hydrogen) atoms. The molecule has 1 saturated heterocycles. The Morgan fingerprint density at radius 1 is 0.966 bits per heavy atom. The molecule has 0 aliphatic carbocycles. The summed E-state index contributed by atoms with van der Waals surface area (Å²) in [4.78, 5) is 0. The van der Waals surface area contributed by atoms with Crippen LogP contribution in [0.1, 0.15) is 46.5 Å². The fourth-order valence-electron chi connectivity index (χ4n) is 4.83. The second-order valence-electron chi connectivity index (χ2n) is 9.30. The summed E-state index contributed by atoms with van der Waals surface area (Å²) in [5, 5.41) is 15.5. The molecule has 4 heteroatoms. The molecule has 0 amide bonds. The van der Waals surface area contributed by atoms with Crippen molar-refractivity contribution in [3.63, 3.8) is 0 Å². The predicted molar refractivity (Wildman–Crippen MR) is 124 cm³/mol. The van der Waals surface area contributed by atoms with Gasteiger partial charge in [0.25, 0.3) is 8.32 Å². The molecular formula is C25H37NO2Si. The molecule has 2 aromatic rings. The fourth-order valence-corrected chi connectivity index (χ4v) is 9.45. The monoisotopic (exact) mass is 411 g/mol. The van der Waals surface area contributed by atoms with E-state index in [1.165, 1.54) is 16.8 Å². The average Bonchev–Trinajstić information content (AvgIpc) is 3.17. The van der Waals surface area contributed by atoms with Crippen LogP contribution >= 0.6 is 0 Å². The molecule has 1 heterocycles. The van der Waals surface area contributed by atoms with E-state index in [2.05, 4.69) is 86.8 Å². The van der Waals surface area contributed by atoms with Crippen LogP contribution in [0.4, 0.5) is 0 Å². The maximum Gasteiger partial charge on any atom is 0.261 e. The third kappa shape index (κ3) is 5.00. The van der Waals surface area contributed by atoms with Crippen LogP contribution in [0.3, 0.4) is 0 Å². The molecule has 0 aromatic heterocycles. The van der Waals surface area contributed by atoms with Crippen molar-refractivity contribution in [2.75, 3.05) is 19.8 Å². The number of nitrogens with one attached hydrogen (secondary N) is 1. The molecule has 3 rings (SSSR count). The van der Waals surface area contributed by atoms with Gasteiger partial charge in [-0.05, 0) is 53.6 Å². The summed E-state index contributed by atoms with van der Waals surface area (Å²) in [5.74, 6) is 0.537. The molecule has 0 saturated carbocycles. The Labute approximate surface area is 177 Å². The molecule has 0 bridgehead atoms. The van der Waals surface area contributed by atoms with E-state index < -0.39 is 8.32 Å². The first-order chi connectivity index (χ1) is 14.0. The lowest BCUT2D eigenvalue weighted by molar-refractivity contribution is 0.214. The predicted octanol–water partition coefficient (Wildman–Crippen LogP) is 3.70. The average molecular weight is 412 g/mol. The minimum absolute atomic E-state index is 0.0219. The van der Waals surface area contributed by atoms with Gasteiger partial charge in [-0.1, -0.05) is 81.4 Å². The van der Waals surface area contributed by atoms with Gasteiger partial charge in [-0.25, -0.2) is 0 Å². The van der Waals surface area contributed by atoms with Gasteiger partial charge in [0.15, 0.2) is 0 Å². The van der Waals surface area contributed by atoms with E-state index in [1.807, 2.05) is 0 Å². The molecule has 2 aromatic carbocycles. The normalized spacial score (nSPS) is 20.1. The lowest BCUT2D eigenvalue weighted by Gasteiger charge is -2.43. The molecule has 0 spiro atoms. The molecular weight excluding hydrogens is 374 g/mol. The van der Waals surface area contributed by atoms with Crippen molar-refractivity contribution in [2.45, 2.75) is 57.5 Å². The first-order valence-corrected chi connectivity index (χ1v) is 13.0. The van der Waals surface area contributed by atoms with Gasteiger partial charge in [0.2, 0.25) is 0 Å². The van der Waals surface area contributed by atoms with Crippen molar-refractivity contribution in [3.05, 3.63) is 60.7 Å². The number of hydrogen-bond donors (Lipinski definition) is 2. The molecule has 158 valence electrons. The molecule has 1 fully saturated rings. The van der Waals surface area contributed by atoms with E-state index in [-0.39, 0.29) is 11.6 Å². The number of aliphatic hydroxyl groups is 1. The maximum atomic E-state index is 9.12. The Kier molecular flexibility index (Phi) is 7.69. The SMILES string of the molecule is CC(C)(C)[Si](OC[C@H]1CCN[C@@H]1CCCCO)(c1ccccc1)c1ccccc1. The Morgan fingerprint density at radius 2 is 1.55 bits per heavy atom. The number of rotatable bonds is 9. The zero-order valence-corrected chi connectivity index (χ0v) is 19.2. The van der Waals surface area contributed by atoms with Gasteiger partial charge in [-0.2, -0.15) is 0 Å². The molecule has 1 aliphatic rings. The van der Waals surface area contributed by atoms with Crippen molar-refractivity contribution >= 4 is 18.7 Å². The Hall–Kier alpha value is -1.46. The summed E-state index contributed by atoms with van der Waals surface area (Å²) in [6.07, 6.45) is 4.25. The molecule has 0 unspecified atom stereocenters. The summed E-state index contributed by atoms with van der Waals surface area (Å²) < 4.78 is 7.14. The fraction of sp³-hybridized carbons (Fsp3) is 0.520. The number of aliphatic hydroxyl groups excluding tert-OH is 1. The van der Waals surface area contributed by atoms with Crippen molar-refractivity contribution in [3.8, 4) is 0 Å². The van der Waals surface area contributed by atoms with Crippen LogP contribution in [0.2, 0.25) is 5.04 Å². The highest BCUT2D eigenvalue weighted by Gasteiger charge is 2.50. The van der Waals surface area contributed by atoms with Gasteiger partial charge in [0.05, 0.1) is 0 Å². The smallest absolute Gasteiger partial charge is 0.261 e. The van der Waals surface area contributed by atoms with E-state index in [0.29, 0.717) is 12.0 Å². The standard InChI is InChI=1S/C25H37NO2Si/c1-25(2,3)29(22-12-6-4-7-13-22,23-14-8-5-9-15-23)28-20-21-17-18-26-24(21)16-10-11-19-27/h4-9,12-15,21,24,26-27H,10-11,16-20H2,1-3H3/t21-,24-/m1/s1. The topological polar surface area (TPSA) is 41.5 Å². The second kappa shape index (κ2) is 10.0. The van der Waals surface area contributed by atoms with Gasteiger partial charge < -0.3 is 14.8 Å². The number of unbranched alkanes of at least 4 members (excludes halogenated alkanes) is 1. The Bertz CT molecular complexity index is 690. The molecule has 2 N–H and O–H groups in total. The van der Waals surface area contributed by atoms with Gasteiger partial charge >= 0.3 is 0 Å². The van der Waals surface area contributed by atoms with Gasteiger partial charge in [0.1, 0.15) is 0 Å². The summed E-state index contributed by atoms with van der Waals surface area (Å²) in [7, 11) is -2.45. The molecule has 0 radical (unpaired) electrons. The van der Waals surface area contributed by atoms with Crippen molar-refractivity contribution in [1.29, 1.82) is 0 Å². The van der Waals surface area contributed by atoms with E-state index in [9.17, 15) is 0 Å². The zero-order chi connectivity index (χ0) is 20.7. The highest BCUT2D eigenvalue weighted by molar-refractivity contribution is 6.99. The first-order valence-electron chi connectivity index (χ1n) is 11.1. The quantitative estimate of drug-likeness (QED) is 0.488. The third-order valence-electron chi connectivity index (χ3n) is 6.34. The van der Waals surface area contributed by atoms with Crippen LogP contribution in [0.25, 0.3) is 0 Å². The zero-order valence-electron chi connectivity index (χ0n) is 18.2. The highest BCUT2D eigenvalue weighted by Crippen LogP contribution is 2.37. The van der Waals surface area contributed by atoms with Crippen LogP contribution in [0.5, 0.6) is 0 Å². The highest BCUT2D eigenvalue weighted by atomic mass is 28.4. The second-order valence-corrected chi connectivity index (χ2v) is 13.6. The Balaban J connectivity index is 1.90. The third-order valence-corrected chi connectivity index (χ3v) is 11.3. The number of benzene rings is 2. The van der Waals surface area contributed by atoms with E-state index >= 15 is 0 Å². The van der Waals surface area contributed by atoms with Crippen molar-refractivity contribution in [1.82, 2.24) is 5.32 Å². The van der Waals surface area contributed by atoms with Crippen LogP contribution in [-0.4, -0.2) is 39.2 Å². The van der Waals surface area contributed by atoms with Crippen LogP contribution in [0.15, 0.2) is 60.7 Å². The molecule has 1 aliphatic heterocycles. The minimum atomic E-state index is -2.45.